The molecule has 0 amide bonds. The predicted molar refractivity (Wildman–Crippen MR) is 94.3 cm³/mol. The number of rotatable bonds is 4. The summed E-state index contributed by atoms with van der Waals surface area (Å²) >= 11 is 0. The fourth-order valence-corrected chi connectivity index (χ4v) is 4.51. The highest BCUT2D eigenvalue weighted by Crippen LogP contribution is 2.45. The topological polar surface area (TPSA) is 38.8 Å². The number of methoxy groups -OCH3 is 2. The van der Waals surface area contributed by atoms with Gasteiger partial charge in [0.1, 0.15) is 5.75 Å². The summed E-state index contributed by atoms with van der Waals surface area (Å²) in [4.78, 5) is 15.1. The Hall–Kier alpha value is -1.55. The van der Waals surface area contributed by atoms with E-state index >= 15 is 0 Å². The van der Waals surface area contributed by atoms with Crippen LogP contribution in [0.5, 0.6) is 5.75 Å². The number of likely N-dealkylation sites (tertiary alicyclic amines) is 1. The summed E-state index contributed by atoms with van der Waals surface area (Å²) in [5.41, 5.74) is 0.711. The van der Waals surface area contributed by atoms with Gasteiger partial charge in [0.15, 0.2) is 0 Å². The van der Waals surface area contributed by atoms with Gasteiger partial charge in [0.05, 0.1) is 19.6 Å². The molecule has 0 aromatic heterocycles. The predicted octanol–water partition coefficient (Wildman–Crippen LogP) is 3.61. The third-order valence-corrected chi connectivity index (χ3v) is 5.98. The molecule has 4 nitrogen and oxygen atoms in total. The lowest BCUT2D eigenvalue weighted by atomic mass is 9.76. The van der Waals surface area contributed by atoms with Crippen molar-refractivity contribution < 1.29 is 14.3 Å². The Morgan fingerprint density at radius 3 is 2.38 bits per heavy atom. The molecule has 1 aliphatic carbocycles. The summed E-state index contributed by atoms with van der Waals surface area (Å²) < 4.78 is 10.4. The van der Waals surface area contributed by atoms with E-state index in [2.05, 4.69) is 24.0 Å². The average molecular weight is 331 g/mol. The van der Waals surface area contributed by atoms with Crippen LogP contribution >= 0.6 is 0 Å². The smallest absolute Gasteiger partial charge is 0.313 e. The van der Waals surface area contributed by atoms with Crippen molar-refractivity contribution in [2.45, 2.75) is 51.0 Å². The van der Waals surface area contributed by atoms with Crippen molar-refractivity contribution in [3.8, 4) is 5.75 Å². The Balaban J connectivity index is 1.86. The van der Waals surface area contributed by atoms with Gasteiger partial charge in [0.2, 0.25) is 0 Å². The molecule has 132 valence electrons. The van der Waals surface area contributed by atoms with Crippen LogP contribution in [0.1, 0.15) is 50.5 Å². The number of carbonyl (C=O) groups excluding carboxylic acids is 1. The van der Waals surface area contributed by atoms with E-state index in [1.165, 1.54) is 44.8 Å². The lowest BCUT2D eigenvalue weighted by molar-refractivity contribution is -0.151. The summed E-state index contributed by atoms with van der Waals surface area (Å²) in [6, 6.07) is 8.77. The molecule has 1 saturated heterocycles. The minimum atomic E-state index is -0.485. The van der Waals surface area contributed by atoms with Gasteiger partial charge in [-0.2, -0.15) is 0 Å². The first-order valence-corrected chi connectivity index (χ1v) is 9.05. The first-order valence-electron chi connectivity index (χ1n) is 9.05. The van der Waals surface area contributed by atoms with Crippen LogP contribution in [0, 0.1) is 5.41 Å². The SMILES string of the molecule is COC(=O)[C@]1(C)CN(C2CCCCC2)C[C@H]1c1ccc(OC)cc1. The van der Waals surface area contributed by atoms with Gasteiger partial charge < -0.3 is 9.47 Å². The molecule has 0 spiro atoms. The number of esters is 1. The van der Waals surface area contributed by atoms with Gasteiger partial charge in [0.25, 0.3) is 0 Å². The zero-order valence-electron chi connectivity index (χ0n) is 15.1. The van der Waals surface area contributed by atoms with Crippen molar-refractivity contribution in [2.75, 3.05) is 27.3 Å². The number of ether oxygens (including phenoxy) is 2. The van der Waals surface area contributed by atoms with Crippen molar-refractivity contribution in [1.29, 1.82) is 0 Å². The molecule has 0 bridgehead atoms. The lowest BCUT2D eigenvalue weighted by Gasteiger charge is -2.32. The Bertz CT molecular complexity index is 565. The molecule has 4 heteroatoms. The van der Waals surface area contributed by atoms with Crippen LogP contribution in [0.4, 0.5) is 0 Å². The van der Waals surface area contributed by atoms with E-state index < -0.39 is 5.41 Å². The molecule has 24 heavy (non-hydrogen) atoms. The largest absolute Gasteiger partial charge is 0.497 e. The first-order chi connectivity index (χ1) is 11.6. The van der Waals surface area contributed by atoms with Crippen molar-refractivity contribution in [3.63, 3.8) is 0 Å². The Morgan fingerprint density at radius 2 is 1.79 bits per heavy atom. The van der Waals surface area contributed by atoms with Gasteiger partial charge in [-0.1, -0.05) is 31.4 Å². The third kappa shape index (κ3) is 3.16. The average Bonchev–Trinajstić information content (AvgIpc) is 3.00. The molecule has 1 aromatic carbocycles. The van der Waals surface area contributed by atoms with Crippen LogP contribution in [0.15, 0.2) is 24.3 Å². The van der Waals surface area contributed by atoms with Gasteiger partial charge in [-0.3, -0.25) is 9.69 Å². The number of benzene rings is 1. The summed E-state index contributed by atoms with van der Waals surface area (Å²) in [5.74, 6) is 0.917. The van der Waals surface area contributed by atoms with Crippen LogP contribution in [-0.4, -0.2) is 44.2 Å². The van der Waals surface area contributed by atoms with Crippen molar-refractivity contribution in [3.05, 3.63) is 29.8 Å². The van der Waals surface area contributed by atoms with E-state index in [1.807, 2.05) is 12.1 Å². The molecule has 1 aliphatic heterocycles. The molecule has 0 N–H and O–H groups in total. The second-order valence-electron chi connectivity index (χ2n) is 7.46. The van der Waals surface area contributed by atoms with Gasteiger partial charge in [-0.05, 0) is 37.5 Å². The van der Waals surface area contributed by atoms with Crippen LogP contribution < -0.4 is 4.74 Å². The second-order valence-corrected chi connectivity index (χ2v) is 7.46. The van der Waals surface area contributed by atoms with E-state index in [1.54, 1.807) is 7.11 Å². The fourth-order valence-electron chi connectivity index (χ4n) is 4.51. The minimum Gasteiger partial charge on any atom is -0.497 e. The Kier molecular flexibility index (Phi) is 5.14. The van der Waals surface area contributed by atoms with E-state index in [0.29, 0.717) is 6.04 Å². The second kappa shape index (κ2) is 7.14. The maximum absolute atomic E-state index is 12.6. The first kappa shape index (κ1) is 17.3. The normalized spacial score (nSPS) is 28.7. The number of hydrogen-bond acceptors (Lipinski definition) is 4. The number of nitrogens with zero attached hydrogens (tertiary/aromatic N) is 1. The minimum absolute atomic E-state index is 0.0957. The van der Waals surface area contributed by atoms with Crippen LogP contribution in [0.2, 0.25) is 0 Å². The summed E-state index contributed by atoms with van der Waals surface area (Å²) in [7, 11) is 3.18. The summed E-state index contributed by atoms with van der Waals surface area (Å²) in [5, 5.41) is 0. The van der Waals surface area contributed by atoms with Gasteiger partial charge in [-0.15, -0.1) is 0 Å². The van der Waals surface area contributed by atoms with E-state index in [9.17, 15) is 4.79 Å². The molecular formula is C20H29NO3. The molecule has 2 fully saturated rings. The molecule has 2 atom stereocenters. The van der Waals surface area contributed by atoms with Crippen molar-refractivity contribution in [2.24, 2.45) is 5.41 Å². The molecular weight excluding hydrogens is 302 g/mol. The monoisotopic (exact) mass is 331 g/mol. The molecule has 3 rings (SSSR count). The lowest BCUT2D eigenvalue weighted by Crippen LogP contribution is -2.39. The molecule has 1 heterocycles. The Morgan fingerprint density at radius 1 is 1.12 bits per heavy atom. The molecule has 0 unspecified atom stereocenters. The highest BCUT2D eigenvalue weighted by Gasteiger charge is 2.51. The van der Waals surface area contributed by atoms with Gasteiger partial charge in [-0.25, -0.2) is 0 Å². The van der Waals surface area contributed by atoms with E-state index in [-0.39, 0.29) is 11.9 Å². The Labute approximate surface area is 145 Å². The van der Waals surface area contributed by atoms with Gasteiger partial charge >= 0.3 is 5.97 Å². The van der Waals surface area contributed by atoms with E-state index in [0.717, 1.165) is 18.8 Å². The highest BCUT2D eigenvalue weighted by molar-refractivity contribution is 5.78. The molecule has 2 aliphatic rings. The summed E-state index contributed by atoms with van der Waals surface area (Å²) in [6.45, 7) is 3.79. The van der Waals surface area contributed by atoms with Crippen LogP contribution in [0.25, 0.3) is 0 Å². The number of carbonyl (C=O) groups is 1. The van der Waals surface area contributed by atoms with Crippen LogP contribution in [-0.2, 0) is 9.53 Å². The molecule has 0 radical (unpaired) electrons. The molecule has 1 aromatic rings. The number of hydrogen-bond donors (Lipinski definition) is 0. The van der Waals surface area contributed by atoms with Crippen LogP contribution in [0.3, 0.4) is 0 Å². The van der Waals surface area contributed by atoms with Crippen molar-refractivity contribution in [1.82, 2.24) is 4.90 Å². The van der Waals surface area contributed by atoms with E-state index in [4.69, 9.17) is 9.47 Å². The standard InChI is InChI=1S/C20H29NO3/c1-20(19(22)24-3)14-21(16-7-5-4-6-8-16)13-18(20)15-9-11-17(23-2)12-10-15/h9-12,16,18H,4-8,13-14H2,1-3H3/t18-,20+/m0/s1. The molecule has 1 saturated carbocycles. The third-order valence-electron chi connectivity index (χ3n) is 5.98. The highest BCUT2D eigenvalue weighted by atomic mass is 16.5. The zero-order valence-corrected chi connectivity index (χ0v) is 15.1. The maximum atomic E-state index is 12.6. The maximum Gasteiger partial charge on any atom is 0.313 e. The zero-order chi connectivity index (χ0) is 17.2. The van der Waals surface area contributed by atoms with Crippen molar-refractivity contribution >= 4 is 5.97 Å². The van der Waals surface area contributed by atoms with Gasteiger partial charge in [0, 0.05) is 25.0 Å². The quantitative estimate of drug-likeness (QED) is 0.790. The fraction of sp³-hybridized carbons (Fsp3) is 0.650. The summed E-state index contributed by atoms with van der Waals surface area (Å²) in [6.07, 6.45) is 6.48.